The van der Waals surface area contributed by atoms with Crippen molar-refractivity contribution in [3.63, 3.8) is 0 Å². The van der Waals surface area contributed by atoms with Gasteiger partial charge in [-0.25, -0.2) is 4.79 Å². The molecule has 3 rings (SSSR count). The fraction of sp³-hybridized carbons (Fsp3) is 0.591. The molecule has 0 unspecified atom stereocenters. The van der Waals surface area contributed by atoms with Gasteiger partial charge < -0.3 is 24.0 Å². The minimum absolute atomic E-state index is 0.181. The zero-order chi connectivity index (χ0) is 23.1. The van der Waals surface area contributed by atoms with Gasteiger partial charge in [0.1, 0.15) is 11.5 Å². The van der Waals surface area contributed by atoms with E-state index in [0.29, 0.717) is 50.9 Å². The summed E-state index contributed by atoms with van der Waals surface area (Å²) in [6, 6.07) is 4.91. The number of carbonyl (C=O) groups is 3. The number of nitrogens with zero attached hydrogens (tertiary/aromatic N) is 4. The number of imide groups is 1. The summed E-state index contributed by atoms with van der Waals surface area (Å²) in [5, 5.41) is 0. The van der Waals surface area contributed by atoms with Gasteiger partial charge in [-0.3, -0.25) is 19.4 Å². The number of rotatable bonds is 8. The second-order valence-corrected chi connectivity index (χ2v) is 7.68. The highest BCUT2D eigenvalue weighted by atomic mass is 16.5. The molecule has 2 heterocycles. The van der Waals surface area contributed by atoms with Crippen molar-refractivity contribution in [1.82, 2.24) is 19.6 Å². The molecule has 1 aromatic carbocycles. The predicted molar refractivity (Wildman–Crippen MR) is 117 cm³/mol. The van der Waals surface area contributed by atoms with Crippen LogP contribution >= 0.6 is 0 Å². The van der Waals surface area contributed by atoms with Crippen molar-refractivity contribution < 1.29 is 28.6 Å². The van der Waals surface area contributed by atoms with E-state index in [-0.39, 0.29) is 13.1 Å². The van der Waals surface area contributed by atoms with Gasteiger partial charge in [-0.1, -0.05) is 0 Å². The highest BCUT2D eigenvalue weighted by Crippen LogP contribution is 2.26. The largest absolute Gasteiger partial charge is 0.497 e. The van der Waals surface area contributed by atoms with Crippen LogP contribution in [-0.2, 0) is 20.9 Å². The summed E-state index contributed by atoms with van der Waals surface area (Å²) in [4.78, 5) is 44.7. The van der Waals surface area contributed by atoms with Gasteiger partial charge in [0, 0.05) is 51.4 Å². The molecule has 0 atom stereocenters. The molecule has 0 N–H and O–H groups in total. The molecule has 0 aliphatic carbocycles. The number of benzene rings is 1. The summed E-state index contributed by atoms with van der Waals surface area (Å²) >= 11 is 0. The molecule has 2 fully saturated rings. The fourth-order valence-corrected chi connectivity index (χ4v) is 3.87. The first-order chi connectivity index (χ1) is 15.5. The maximum absolute atomic E-state index is 13.4. The fourth-order valence-electron chi connectivity index (χ4n) is 3.87. The van der Waals surface area contributed by atoms with Crippen LogP contribution in [0.2, 0.25) is 0 Å². The van der Waals surface area contributed by atoms with Gasteiger partial charge in [0.15, 0.2) is 0 Å². The van der Waals surface area contributed by atoms with E-state index >= 15 is 0 Å². The van der Waals surface area contributed by atoms with E-state index in [1.54, 1.807) is 31.3 Å². The standard InChI is InChI=1S/C22H32N4O6/c1-4-24-9-10-26(21(28)20(24)27)22(29)25(8-7-23-11-13-32-14-12-23)16-17-15-18(30-2)5-6-19(17)31-3/h5-6,15H,4,7-14,16H2,1-3H3. The van der Waals surface area contributed by atoms with Gasteiger partial charge >= 0.3 is 17.8 Å². The first-order valence-electron chi connectivity index (χ1n) is 10.9. The van der Waals surface area contributed by atoms with Crippen LogP contribution < -0.4 is 9.47 Å². The summed E-state index contributed by atoms with van der Waals surface area (Å²) in [6.07, 6.45) is 0. The van der Waals surface area contributed by atoms with E-state index in [4.69, 9.17) is 14.2 Å². The molecule has 10 heteroatoms. The van der Waals surface area contributed by atoms with Gasteiger partial charge in [0.05, 0.1) is 34.0 Å². The topological polar surface area (TPSA) is 91.9 Å². The third-order valence-corrected chi connectivity index (χ3v) is 5.83. The summed E-state index contributed by atoms with van der Waals surface area (Å²) in [6.45, 7) is 6.92. The second kappa shape index (κ2) is 11.1. The minimum atomic E-state index is -0.780. The number of urea groups is 1. The normalized spacial score (nSPS) is 17.5. The lowest BCUT2D eigenvalue weighted by atomic mass is 10.1. The number of morpholine rings is 1. The molecule has 0 bridgehead atoms. The van der Waals surface area contributed by atoms with Crippen LogP contribution in [0.4, 0.5) is 4.79 Å². The van der Waals surface area contributed by atoms with Crippen molar-refractivity contribution in [3.8, 4) is 11.5 Å². The summed E-state index contributed by atoms with van der Waals surface area (Å²) in [7, 11) is 3.14. The molecular weight excluding hydrogens is 416 g/mol. The van der Waals surface area contributed by atoms with Crippen LogP contribution in [0, 0.1) is 0 Å². The zero-order valence-electron chi connectivity index (χ0n) is 19.0. The van der Waals surface area contributed by atoms with Crippen molar-refractivity contribution in [2.24, 2.45) is 0 Å². The molecule has 0 radical (unpaired) electrons. The number of methoxy groups -OCH3 is 2. The SMILES string of the molecule is CCN1CCN(C(=O)N(CCN2CCOCC2)Cc2cc(OC)ccc2OC)C(=O)C1=O. The minimum Gasteiger partial charge on any atom is -0.497 e. The van der Waals surface area contributed by atoms with Crippen LogP contribution in [-0.4, -0.2) is 111 Å². The maximum Gasteiger partial charge on any atom is 0.327 e. The third kappa shape index (κ3) is 5.49. The Kier molecular flexibility index (Phi) is 8.29. The van der Waals surface area contributed by atoms with Crippen LogP contribution in [0.3, 0.4) is 0 Å². The lowest BCUT2D eigenvalue weighted by Crippen LogP contribution is -2.59. The highest BCUT2D eigenvalue weighted by Gasteiger charge is 2.37. The average Bonchev–Trinajstić information content (AvgIpc) is 2.83. The Hall–Kier alpha value is -2.85. The van der Waals surface area contributed by atoms with Crippen LogP contribution in [0.5, 0.6) is 11.5 Å². The summed E-state index contributed by atoms with van der Waals surface area (Å²) in [5.41, 5.74) is 0.758. The van der Waals surface area contributed by atoms with Gasteiger partial charge in [0.2, 0.25) is 0 Å². The lowest BCUT2D eigenvalue weighted by molar-refractivity contribution is -0.153. The third-order valence-electron chi connectivity index (χ3n) is 5.83. The van der Waals surface area contributed by atoms with Crippen molar-refractivity contribution in [2.75, 3.05) is 73.2 Å². The second-order valence-electron chi connectivity index (χ2n) is 7.68. The van der Waals surface area contributed by atoms with Gasteiger partial charge in [0.25, 0.3) is 0 Å². The van der Waals surface area contributed by atoms with Gasteiger partial charge in [-0.2, -0.15) is 0 Å². The van der Waals surface area contributed by atoms with Crippen molar-refractivity contribution in [1.29, 1.82) is 0 Å². The van der Waals surface area contributed by atoms with Crippen molar-refractivity contribution >= 4 is 17.8 Å². The smallest absolute Gasteiger partial charge is 0.327 e. The molecule has 2 aliphatic heterocycles. The number of piperazine rings is 1. The molecular formula is C22H32N4O6. The van der Waals surface area contributed by atoms with E-state index < -0.39 is 17.8 Å². The predicted octanol–water partition coefficient (Wildman–Crippen LogP) is 0.649. The Bertz CT molecular complexity index is 827. The number of ether oxygens (including phenoxy) is 3. The average molecular weight is 449 g/mol. The van der Waals surface area contributed by atoms with E-state index in [1.165, 1.54) is 4.90 Å². The Morgan fingerprint density at radius 1 is 1.06 bits per heavy atom. The van der Waals surface area contributed by atoms with Crippen LogP contribution in [0.15, 0.2) is 18.2 Å². The molecule has 32 heavy (non-hydrogen) atoms. The first-order valence-corrected chi connectivity index (χ1v) is 10.9. The lowest BCUT2D eigenvalue weighted by Gasteiger charge is -2.36. The number of carbonyl (C=O) groups excluding carboxylic acids is 3. The van der Waals surface area contributed by atoms with Crippen molar-refractivity contribution in [2.45, 2.75) is 13.5 Å². The molecule has 10 nitrogen and oxygen atoms in total. The Morgan fingerprint density at radius 2 is 1.81 bits per heavy atom. The first kappa shape index (κ1) is 23.8. The Labute approximate surface area is 188 Å². The molecule has 0 spiro atoms. The Balaban J connectivity index is 1.81. The number of amides is 4. The Morgan fingerprint density at radius 3 is 2.47 bits per heavy atom. The van der Waals surface area contributed by atoms with E-state index in [1.807, 2.05) is 13.0 Å². The molecule has 2 aliphatic rings. The molecule has 0 saturated carbocycles. The van der Waals surface area contributed by atoms with Gasteiger partial charge in [-0.05, 0) is 25.1 Å². The van der Waals surface area contributed by atoms with Crippen LogP contribution in [0.1, 0.15) is 12.5 Å². The zero-order valence-corrected chi connectivity index (χ0v) is 19.0. The van der Waals surface area contributed by atoms with E-state index in [9.17, 15) is 14.4 Å². The van der Waals surface area contributed by atoms with E-state index in [2.05, 4.69) is 4.90 Å². The van der Waals surface area contributed by atoms with Gasteiger partial charge in [-0.15, -0.1) is 0 Å². The molecule has 176 valence electrons. The molecule has 0 aromatic heterocycles. The quantitative estimate of drug-likeness (QED) is 0.539. The number of likely N-dealkylation sites (N-methyl/N-ethyl adjacent to an activating group) is 1. The number of hydrogen-bond acceptors (Lipinski definition) is 7. The molecule has 2 saturated heterocycles. The van der Waals surface area contributed by atoms with E-state index in [0.717, 1.165) is 23.6 Å². The summed E-state index contributed by atoms with van der Waals surface area (Å²) < 4.78 is 16.2. The molecule has 4 amide bonds. The maximum atomic E-state index is 13.4. The molecule has 1 aromatic rings. The van der Waals surface area contributed by atoms with Crippen LogP contribution in [0.25, 0.3) is 0 Å². The monoisotopic (exact) mass is 448 g/mol. The summed E-state index contributed by atoms with van der Waals surface area (Å²) in [5.74, 6) is -0.159. The van der Waals surface area contributed by atoms with Crippen molar-refractivity contribution in [3.05, 3.63) is 23.8 Å². The highest BCUT2D eigenvalue weighted by molar-refractivity contribution is 6.38. The number of hydrogen-bond donors (Lipinski definition) is 0.